The summed E-state index contributed by atoms with van der Waals surface area (Å²) < 4.78 is 1.92. The first kappa shape index (κ1) is 11.2. The van der Waals surface area contributed by atoms with Gasteiger partial charge >= 0.3 is 5.97 Å². The van der Waals surface area contributed by atoms with Crippen molar-refractivity contribution >= 4 is 28.8 Å². The summed E-state index contributed by atoms with van der Waals surface area (Å²) in [6, 6.07) is -0.276. The maximum atomic E-state index is 10.9. The van der Waals surface area contributed by atoms with E-state index < -0.39 is 5.97 Å². The molecule has 0 radical (unpaired) electrons. The fraction of sp³-hybridized carbons (Fsp3) is 0.889. The highest BCUT2D eigenvalue weighted by atomic mass is 127. The van der Waals surface area contributed by atoms with Gasteiger partial charge in [-0.25, -0.2) is 3.11 Å². The van der Waals surface area contributed by atoms with Crippen molar-refractivity contribution in [2.75, 3.05) is 6.54 Å². The summed E-state index contributed by atoms with van der Waals surface area (Å²) in [5.74, 6) is 0.499. The predicted molar refractivity (Wildman–Crippen MR) is 59.7 cm³/mol. The highest BCUT2D eigenvalue weighted by Crippen LogP contribution is 2.30. The Balaban J connectivity index is 2.58. The number of nitrogens with zero attached hydrogens (tertiary/aromatic N) is 1. The van der Waals surface area contributed by atoms with Gasteiger partial charge in [0, 0.05) is 29.4 Å². The molecule has 0 saturated carbocycles. The zero-order valence-electron chi connectivity index (χ0n) is 8.03. The van der Waals surface area contributed by atoms with E-state index in [1.807, 2.05) is 3.11 Å². The normalized spacial score (nSPS) is 30.8. The molecule has 0 aromatic heterocycles. The third kappa shape index (κ3) is 2.80. The van der Waals surface area contributed by atoms with Gasteiger partial charge in [-0.15, -0.1) is 0 Å². The Morgan fingerprint density at radius 1 is 1.62 bits per heavy atom. The van der Waals surface area contributed by atoms with Gasteiger partial charge < -0.3 is 5.11 Å². The number of hydrogen-bond donors (Lipinski definition) is 1. The average Bonchev–Trinajstić information content (AvgIpc) is 2.04. The van der Waals surface area contributed by atoms with Gasteiger partial charge in [0.05, 0.1) is 0 Å². The molecular formula is C9H16INO2. The number of carbonyl (C=O) groups is 1. The van der Waals surface area contributed by atoms with Gasteiger partial charge in [-0.1, -0.05) is 13.8 Å². The minimum Gasteiger partial charge on any atom is -0.480 e. The lowest BCUT2D eigenvalue weighted by atomic mass is 9.84. The van der Waals surface area contributed by atoms with Crippen LogP contribution in [-0.2, 0) is 4.79 Å². The molecule has 0 bridgehead atoms. The molecule has 0 aromatic carbocycles. The fourth-order valence-electron chi connectivity index (χ4n) is 1.79. The molecule has 0 aromatic rings. The topological polar surface area (TPSA) is 40.5 Å². The third-order valence-corrected chi connectivity index (χ3v) is 3.96. The van der Waals surface area contributed by atoms with Gasteiger partial charge in [-0.05, 0) is 24.7 Å². The Morgan fingerprint density at radius 3 is 2.69 bits per heavy atom. The van der Waals surface area contributed by atoms with Crippen LogP contribution in [0.2, 0.25) is 0 Å². The molecule has 1 aliphatic rings. The molecule has 1 rings (SSSR count). The minimum absolute atomic E-state index is 0.276. The molecule has 1 heterocycles. The number of carboxylic acids is 1. The molecule has 1 aliphatic heterocycles. The Bertz CT molecular complexity index is 196. The second-order valence-electron chi connectivity index (χ2n) is 4.01. The van der Waals surface area contributed by atoms with Crippen LogP contribution in [0, 0.1) is 11.8 Å². The van der Waals surface area contributed by atoms with Crippen molar-refractivity contribution in [3.63, 3.8) is 0 Å². The van der Waals surface area contributed by atoms with E-state index in [2.05, 4.69) is 36.7 Å². The third-order valence-electron chi connectivity index (χ3n) is 2.81. The molecule has 3 nitrogen and oxygen atoms in total. The SMILES string of the molecule is CC(C)C1CCN(I)C(C(=O)O)C1. The zero-order valence-corrected chi connectivity index (χ0v) is 10.2. The molecule has 0 spiro atoms. The monoisotopic (exact) mass is 297 g/mol. The van der Waals surface area contributed by atoms with E-state index in [1.165, 1.54) is 0 Å². The highest BCUT2D eigenvalue weighted by Gasteiger charge is 2.33. The zero-order chi connectivity index (χ0) is 10.0. The van der Waals surface area contributed by atoms with E-state index in [0.717, 1.165) is 19.4 Å². The van der Waals surface area contributed by atoms with Gasteiger partial charge in [0.2, 0.25) is 0 Å². The molecule has 1 fully saturated rings. The molecule has 1 N–H and O–H groups in total. The highest BCUT2D eigenvalue weighted by molar-refractivity contribution is 14.1. The quantitative estimate of drug-likeness (QED) is 0.627. The summed E-state index contributed by atoms with van der Waals surface area (Å²) in [6.45, 7) is 5.25. The number of halogens is 1. The summed E-state index contributed by atoms with van der Waals surface area (Å²) in [7, 11) is 0. The lowest BCUT2D eigenvalue weighted by Gasteiger charge is -2.34. The molecule has 0 aliphatic carbocycles. The van der Waals surface area contributed by atoms with E-state index in [4.69, 9.17) is 5.11 Å². The van der Waals surface area contributed by atoms with Gasteiger partial charge in [0.25, 0.3) is 0 Å². The number of piperidine rings is 1. The Kier molecular flexibility index (Phi) is 3.97. The summed E-state index contributed by atoms with van der Waals surface area (Å²) >= 11 is 2.12. The van der Waals surface area contributed by atoms with E-state index >= 15 is 0 Å². The summed E-state index contributed by atoms with van der Waals surface area (Å²) in [5.41, 5.74) is 0. The van der Waals surface area contributed by atoms with Crippen LogP contribution in [0.4, 0.5) is 0 Å². The lowest BCUT2D eigenvalue weighted by Crippen LogP contribution is -2.42. The predicted octanol–water partition coefficient (Wildman–Crippen LogP) is 2.16. The number of rotatable bonds is 2. The number of hydrogen-bond acceptors (Lipinski definition) is 2. The van der Waals surface area contributed by atoms with Crippen LogP contribution >= 0.6 is 22.9 Å². The molecule has 0 amide bonds. The Labute approximate surface area is 93.0 Å². The summed E-state index contributed by atoms with van der Waals surface area (Å²) in [5, 5.41) is 8.96. The van der Waals surface area contributed by atoms with Crippen molar-refractivity contribution in [3.8, 4) is 0 Å². The van der Waals surface area contributed by atoms with Crippen LogP contribution in [0.15, 0.2) is 0 Å². The maximum absolute atomic E-state index is 10.9. The van der Waals surface area contributed by atoms with Crippen LogP contribution in [0.1, 0.15) is 26.7 Å². The second kappa shape index (κ2) is 4.59. The first-order chi connectivity index (χ1) is 6.02. The first-order valence-corrected chi connectivity index (χ1v) is 5.64. The minimum atomic E-state index is -0.681. The largest absolute Gasteiger partial charge is 0.480 e. The van der Waals surface area contributed by atoms with E-state index in [0.29, 0.717) is 11.8 Å². The van der Waals surface area contributed by atoms with Crippen LogP contribution in [0.25, 0.3) is 0 Å². The summed E-state index contributed by atoms with van der Waals surface area (Å²) in [6.07, 6.45) is 1.93. The fourth-order valence-corrected chi connectivity index (χ4v) is 2.53. The smallest absolute Gasteiger partial charge is 0.321 e. The van der Waals surface area contributed by atoms with Crippen molar-refractivity contribution in [2.45, 2.75) is 32.7 Å². The van der Waals surface area contributed by atoms with Crippen molar-refractivity contribution in [3.05, 3.63) is 0 Å². The lowest BCUT2D eigenvalue weighted by molar-refractivity contribution is -0.142. The van der Waals surface area contributed by atoms with Crippen LogP contribution in [-0.4, -0.2) is 26.8 Å². The van der Waals surface area contributed by atoms with Crippen LogP contribution in [0.5, 0.6) is 0 Å². The van der Waals surface area contributed by atoms with Crippen molar-refractivity contribution in [1.82, 2.24) is 3.11 Å². The summed E-state index contributed by atoms with van der Waals surface area (Å²) in [4.78, 5) is 10.9. The molecular weight excluding hydrogens is 281 g/mol. The second-order valence-corrected chi connectivity index (χ2v) is 5.25. The Hall–Kier alpha value is 0.160. The standard InChI is InChI=1S/C9H16INO2/c1-6(2)7-3-4-11(10)8(5-7)9(12)13/h6-8H,3-5H2,1-2H3,(H,12,13). The molecule has 2 unspecified atom stereocenters. The molecule has 13 heavy (non-hydrogen) atoms. The molecule has 76 valence electrons. The van der Waals surface area contributed by atoms with Crippen molar-refractivity contribution < 1.29 is 9.90 Å². The van der Waals surface area contributed by atoms with Gasteiger partial charge in [-0.2, -0.15) is 0 Å². The molecule has 4 heteroatoms. The van der Waals surface area contributed by atoms with E-state index in [-0.39, 0.29) is 6.04 Å². The van der Waals surface area contributed by atoms with Gasteiger partial charge in [-0.3, -0.25) is 4.79 Å². The average molecular weight is 297 g/mol. The van der Waals surface area contributed by atoms with E-state index in [1.54, 1.807) is 0 Å². The van der Waals surface area contributed by atoms with E-state index in [9.17, 15) is 4.79 Å². The Morgan fingerprint density at radius 2 is 2.23 bits per heavy atom. The molecule has 2 atom stereocenters. The van der Waals surface area contributed by atoms with Crippen LogP contribution in [0.3, 0.4) is 0 Å². The van der Waals surface area contributed by atoms with Gasteiger partial charge in [0.15, 0.2) is 0 Å². The van der Waals surface area contributed by atoms with Crippen molar-refractivity contribution in [1.29, 1.82) is 0 Å². The van der Waals surface area contributed by atoms with Crippen molar-refractivity contribution in [2.24, 2.45) is 11.8 Å². The maximum Gasteiger partial charge on any atom is 0.321 e. The van der Waals surface area contributed by atoms with Crippen LogP contribution < -0.4 is 0 Å². The van der Waals surface area contributed by atoms with Gasteiger partial charge in [0.1, 0.15) is 6.04 Å². The number of carboxylic acid groups (broad SMARTS) is 1. The first-order valence-electron chi connectivity index (χ1n) is 4.67. The number of aliphatic carboxylic acids is 1. The molecule has 1 saturated heterocycles.